The zero-order valence-electron chi connectivity index (χ0n) is 15.8. The maximum atomic E-state index is 12.5. The van der Waals surface area contributed by atoms with Gasteiger partial charge in [0, 0.05) is 17.0 Å². The maximum Gasteiger partial charge on any atom is 0.291 e. The van der Waals surface area contributed by atoms with E-state index >= 15 is 0 Å². The van der Waals surface area contributed by atoms with Crippen LogP contribution in [0.3, 0.4) is 0 Å². The fraction of sp³-hybridized carbons (Fsp3) is 0.0952. The number of anilines is 1. The molecule has 0 bridgehead atoms. The second-order valence-corrected chi connectivity index (χ2v) is 8.19. The monoisotopic (exact) mass is 458 g/mol. The number of nitrogens with zero attached hydrogens (tertiary/aromatic N) is 2. The Morgan fingerprint density at radius 1 is 1.10 bits per heavy atom. The molecule has 0 aliphatic carbocycles. The van der Waals surface area contributed by atoms with E-state index in [0.717, 1.165) is 22.7 Å². The molecule has 0 atom stereocenters. The number of halogens is 2. The van der Waals surface area contributed by atoms with Gasteiger partial charge in [0.25, 0.3) is 5.91 Å². The number of aromatic nitrogens is 3. The van der Waals surface area contributed by atoms with Crippen molar-refractivity contribution in [2.45, 2.75) is 17.8 Å². The highest BCUT2D eigenvalue weighted by Crippen LogP contribution is 2.30. The number of aromatic amines is 1. The van der Waals surface area contributed by atoms with Crippen molar-refractivity contribution in [3.63, 3.8) is 0 Å². The lowest BCUT2D eigenvalue weighted by atomic mass is 10.2. The molecule has 2 aromatic carbocycles. The van der Waals surface area contributed by atoms with Crippen molar-refractivity contribution in [2.24, 2.45) is 0 Å². The second-order valence-electron chi connectivity index (χ2n) is 6.44. The fourth-order valence-electron chi connectivity index (χ4n) is 2.68. The predicted octanol–water partition coefficient (Wildman–Crippen LogP) is 6.22. The van der Waals surface area contributed by atoms with Crippen LogP contribution in [0.1, 0.15) is 21.9 Å². The minimum absolute atomic E-state index is 0.204. The number of furan rings is 1. The first-order chi connectivity index (χ1) is 14.5. The third kappa shape index (κ3) is 4.87. The quantitative estimate of drug-likeness (QED) is 0.334. The fourth-order valence-corrected chi connectivity index (χ4v) is 3.77. The molecule has 0 aliphatic rings. The average molecular weight is 459 g/mol. The summed E-state index contributed by atoms with van der Waals surface area (Å²) in [6, 6.07) is 16.1. The van der Waals surface area contributed by atoms with Crippen LogP contribution in [0.4, 0.5) is 5.69 Å². The topological polar surface area (TPSA) is 83.8 Å². The summed E-state index contributed by atoms with van der Waals surface area (Å²) in [5, 5.41) is 11.3. The summed E-state index contributed by atoms with van der Waals surface area (Å²) in [7, 11) is 0. The van der Waals surface area contributed by atoms with Crippen LogP contribution >= 0.6 is 35.0 Å². The van der Waals surface area contributed by atoms with E-state index in [9.17, 15) is 4.79 Å². The molecule has 2 N–H and O–H groups in total. The van der Waals surface area contributed by atoms with Crippen LogP contribution in [0.5, 0.6) is 0 Å². The SMILES string of the molecule is Cc1nc(SCc2ccc(NC(=O)c3ccc(-c4ccc(Cl)c(Cl)c4)o3)cc2)n[nH]1. The Balaban J connectivity index is 1.37. The number of hydrogen-bond donors (Lipinski definition) is 2. The van der Waals surface area contributed by atoms with Crippen LogP contribution in [-0.2, 0) is 5.75 Å². The van der Waals surface area contributed by atoms with E-state index in [0.29, 0.717) is 26.6 Å². The number of rotatable bonds is 6. The molecule has 4 aromatic rings. The van der Waals surface area contributed by atoms with Gasteiger partial charge in [0.05, 0.1) is 10.0 Å². The zero-order chi connectivity index (χ0) is 21.1. The van der Waals surface area contributed by atoms with Crippen LogP contribution in [-0.4, -0.2) is 21.1 Å². The second kappa shape index (κ2) is 8.95. The van der Waals surface area contributed by atoms with Crippen LogP contribution < -0.4 is 5.32 Å². The molecule has 0 saturated carbocycles. The van der Waals surface area contributed by atoms with Gasteiger partial charge in [-0.2, -0.15) is 0 Å². The van der Waals surface area contributed by atoms with Crippen LogP contribution in [0, 0.1) is 6.92 Å². The first-order valence-corrected chi connectivity index (χ1v) is 10.7. The van der Waals surface area contributed by atoms with Gasteiger partial charge in [0.2, 0.25) is 5.16 Å². The van der Waals surface area contributed by atoms with Crippen molar-refractivity contribution in [1.82, 2.24) is 15.2 Å². The van der Waals surface area contributed by atoms with E-state index in [1.807, 2.05) is 31.2 Å². The molecule has 152 valence electrons. The van der Waals surface area contributed by atoms with E-state index in [4.69, 9.17) is 27.6 Å². The van der Waals surface area contributed by atoms with Gasteiger partial charge in [-0.1, -0.05) is 47.1 Å². The maximum absolute atomic E-state index is 12.5. The Morgan fingerprint density at radius 3 is 2.60 bits per heavy atom. The highest BCUT2D eigenvalue weighted by molar-refractivity contribution is 7.98. The Bertz CT molecular complexity index is 1190. The molecule has 0 radical (unpaired) electrons. The molecule has 0 saturated heterocycles. The molecule has 2 heterocycles. The normalized spacial score (nSPS) is 10.9. The minimum atomic E-state index is -0.334. The van der Waals surface area contributed by atoms with Gasteiger partial charge in [0.15, 0.2) is 5.76 Å². The molecule has 0 unspecified atom stereocenters. The van der Waals surface area contributed by atoms with Crippen molar-refractivity contribution in [3.8, 4) is 11.3 Å². The predicted molar refractivity (Wildman–Crippen MR) is 119 cm³/mol. The van der Waals surface area contributed by atoms with Gasteiger partial charge in [-0.3, -0.25) is 9.89 Å². The number of carbonyl (C=O) groups is 1. The first-order valence-electron chi connectivity index (χ1n) is 8.95. The van der Waals surface area contributed by atoms with E-state index in [1.165, 1.54) is 11.8 Å². The number of hydrogen-bond acceptors (Lipinski definition) is 5. The van der Waals surface area contributed by atoms with Crippen LogP contribution in [0.2, 0.25) is 10.0 Å². The van der Waals surface area contributed by atoms with Gasteiger partial charge < -0.3 is 9.73 Å². The lowest BCUT2D eigenvalue weighted by Gasteiger charge is -2.05. The molecule has 0 aliphatic heterocycles. The Hall–Kier alpha value is -2.74. The average Bonchev–Trinajstić information content (AvgIpc) is 3.39. The van der Waals surface area contributed by atoms with Crippen molar-refractivity contribution in [3.05, 3.63) is 81.8 Å². The molecule has 9 heteroatoms. The standard InChI is InChI=1S/C21H16Cl2N4O2S/c1-12-24-21(27-26-12)30-11-13-2-5-15(6-3-13)25-20(28)19-9-8-18(29-19)14-4-7-16(22)17(23)10-14/h2-10H,11H2,1H3,(H,25,28)(H,24,26,27). The van der Waals surface area contributed by atoms with Crippen molar-refractivity contribution < 1.29 is 9.21 Å². The highest BCUT2D eigenvalue weighted by Gasteiger charge is 2.13. The third-order valence-electron chi connectivity index (χ3n) is 4.19. The summed E-state index contributed by atoms with van der Waals surface area (Å²) in [5.74, 6) is 1.93. The molecule has 4 rings (SSSR count). The molecule has 0 spiro atoms. The summed E-state index contributed by atoms with van der Waals surface area (Å²) in [6.45, 7) is 1.86. The first kappa shape index (κ1) is 20.5. The van der Waals surface area contributed by atoms with Gasteiger partial charge in [-0.05, 0) is 55.0 Å². The smallest absolute Gasteiger partial charge is 0.291 e. The number of nitrogens with one attached hydrogen (secondary N) is 2. The lowest BCUT2D eigenvalue weighted by molar-refractivity contribution is 0.0997. The van der Waals surface area contributed by atoms with Crippen molar-refractivity contribution in [1.29, 1.82) is 0 Å². The van der Waals surface area contributed by atoms with E-state index in [2.05, 4.69) is 20.5 Å². The molecule has 30 heavy (non-hydrogen) atoms. The summed E-state index contributed by atoms with van der Waals surface area (Å²) in [6.07, 6.45) is 0. The molecule has 1 amide bonds. The van der Waals surface area contributed by atoms with Gasteiger partial charge in [-0.25, -0.2) is 4.98 Å². The van der Waals surface area contributed by atoms with Gasteiger partial charge in [0.1, 0.15) is 11.6 Å². The Labute approximate surface area is 187 Å². The Kier molecular flexibility index (Phi) is 6.13. The van der Waals surface area contributed by atoms with E-state index in [-0.39, 0.29) is 11.7 Å². The van der Waals surface area contributed by atoms with Crippen molar-refractivity contribution in [2.75, 3.05) is 5.32 Å². The van der Waals surface area contributed by atoms with Crippen LogP contribution in [0.15, 0.2) is 64.2 Å². The molecule has 0 fully saturated rings. The summed E-state index contributed by atoms with van der Waals surface area (Å²) in [5.41, 5.74) is 2.52. The Morgan fingerprint density at radius 2 is 1.90 bits per heavy atom. The zero-order valence-corrected chi connectivity index (χ0v) is 18.1. The number of carbonyl (C=O) groups excluding carboxylic acids is 1. The van der Waals surface area contributed by atoms with E-state index in [1.54, 1.807) is 30.3 Å². The number of thioether (sulfide) groups is 1. The minimum Gasteiger partial charge on any atom is -0.451 e. The molecular weight excluding hydrogens is 443 g/mol. The molecule has 2 aromatic heterocycles. The van der Waals surface area contributed by atoms with Crippen LogP contribution in [0.25, 0.3) is 11.3 Å². The molecular formula is C21H16Cl2N4O2S. The van der Waals surface area contributed by atoms with Crippen molar-refractivity contribution >= 4 is 46.6 Å². The highest BCUT2D eigenvalue weighted by atomic mass is 35.5. The third-order valence-corrected chi connectivity index (χ3v) is 5.85. The largest absolute Gasteiger partial charge is 0.451 e. The molecule has 6 nitrogen and oxygen atoms in total. The number of aryl methyl sites for hydroxylation is 1. The lowest BCUT2D eigenvalue weighted by Crippen LogP contribution is -2.10. The number of benzene rings is 2. The summed E-state index contributed by atoms with van der Waals surface area (Å²) < 4.78 is 5.68. The number of amides is 1. The van der Waals surface area contributed by atoms with Gasteiger partial charge >= 0.3 is 0 Å². The number of H-pyrrole nitrogens is 1. The van der Waals surface area contributed by atoms with E-state index < -0.39 is 0 Å². The summed E-state index contributed by atoms with van der Waals surface area (Å²) in [4.78, 5) is 16.8. The van der Waals surface area contributed by atoms with Gasteiger partial charge in [-0.15, -0.1) is 5.10 Å². The summed E-state index contributed by atoms with van der Waals surface area (Å²) >= 11 is 13.5.